The number of H-pyrrole nitrogens is 1. The number of benzene rings is 1. The van der Waals surface area contributed by atoms with E-state index in [2.05, 4.69) is 68.9 Å². The van der Waals surface area contributed by atoms with Gasteiger partial charge in [0.25, 0.3) is 0 Å². The third kappa shape index (κ3) is 2.68. The Balaban J connectivity index is 1.71. The molecule has 0 spiro atoms. The summed E-state index contributed by atoms with van der Waals surface area (Å²) in [4.78, 5) is 7.73. The topological polar surface area (TPSA) is 47.1 Å². The molecule has 2 aromatic heterocycles. The van der Waals surface area contributed by atoms with Crippen molar-refractivity contribution in [3.05, 3.63) is 48.3 Å². The fraction of sp³-hybridized carbons (Fsp3) is 0.350. The molecule has 128 valence electrons. The molecule has 0 bridgehead atoms. The molecule has 3 heterocycles. The van der Waals surface area contributed by atoms with Gasteiger partial charge >= 0.3 is 7.12 Å². The molecule has 25 heavy (non-hydrogen) atoms. The van der Waals surface area contributed by atoms with Crippen molar-refractivity contribution in [2.75, 3.05) is 0 Å². The summed E-state index contributed by atoms with van der Waals surface area (Å²) >= 11 is 0. The monoisotopic (exact) mass is 334 g/mol. The summed E-state index contributed by atoms with van der Waals surface area (Å²) in [7, 11) is -0.340. The minimum atomic E-state index is -0.340. The quantitative estimate of drug-likeness (QED) is 0.725. The minimum absolute atomic E-state index is 0.331. The van der Waals surface area contributed by atoms with Gasteiger partial charge in [0.1, 0.15) is 0 Å². The Morgan fingerprint density at radius 2 is 1.72 bits per heavy atom. The van der Waals surface area contributed by atoms with E-state index in [9.17, 15) is 0 Å². The molecule has 3 aromatic rings. The van der Waals surface area contributed by atoms with Crippen LogP contribution in [0.3, 0.4) is 0 Å². The first-order chi connectivity index (χ1) is 11.8. The third-order valence-corrected chi connectivity index (χ3v) is 5.50. The molecule has 0 radical (unpaired) electrons. The van der Waals surface area contributed by atoms with Gasteiger partial charge in [-0.2, -0.15) is 0 Å². The van der Waals surface area contributed by atoms with Crippen molar-refractivity contribution >= 4 is 23.5 Å². The molecule has 0 aliphatic carbocycles. The Bertz CT molecular complexity index is 930. The van der Waals surface area contributed by atoms with Crippen LogP contribution in [-0.4, -0.2) is 28.3 Å². The van der Waals surface area contributed by atoms with E-state index in [0.29, 0.717) is 0 Å². The van der Waals surface area contributed by atoms with Crippen LogP contribution in [0.25, 0.3) is 22.2 Å². The maximum atomic E-state index is 6.17. The van der Waals surface area contributed by atoms with Gasteiger partial charge in [-0.3, -0.25) is 4.98 Å². The molecule has 5 heteroatoms. The predicted molar refractivity (Wildman–Crippen MR) is 102 cm³/mol. The summed E-state index contributed by atoms with van der Waals surface area (Å²) in [6.45, 7) is 10.4. The highest BCUT2D eigenvalue weighted by atomic mass is 16.7. The summed E-state index contributed by atoms with van der Waals surface area (Å²) in [5.74, 6) is 0. The number of nitrogens with one attached hydrogen (secondary N) is 1. The Morgan fingerprint density at radius 3 is 2.40 bits per heavy atom. The highest BCUT2D eigenvalue weighted by molar-refractivity contribution is 6.62. The average molecular weight is 334 g/mol. The number of aryl methyl sites for hydroxylation is 1. The number of pyridine rings is 1. The molecule has 1 saturated heterocycles. The maximum Gasteiger partial charge on any atom is 0.494 e. The van der Waals surface area contributed by atoms with Gasteiger partial charge in [0.2, 0.25) is 0 Å². The Labute approximate surface area is 148 Å². The van der Waals surface area contributed by atoms with Crippen molar-refractivity contribution in [3.8, 4) is 11.3 Å². The Kier molecular flexibility index (Phi) is 3.57. The van der Waals surface area contributed by atoms with Crippen molar-refractivity contribution in [3.63, 3.8) is 0 Å². The highest BCUT2D eigenvalue weighted by Crippen LogP contribution is 2.36. The zero-order valence-corrected chi connectivity index (χ0v) is 15.4. The molecule has 1 fully saturated rings. The summed E-state index contributed by atoms with van der Waals surface area (Å²) < 4.78 is 12.3. The van der Waals surface area contributed by atoms with E-state index in [1.165, 1.54) is 5.56 Å². The molecular weight excluding hydrogens is 311 g/mol. The van der Waals surface area contributed by atoms with Crippen LogP contribution in [-0.2, 0) is 9.31 Å². The second-order valence-electron chi connectivity index (χ2n) is 7.81. The molecule has 1 aromatic carbocycles. The van der Waals surface area contributed by atoms with Gasteiger partial charge in [0.05, 0.1) is 11.2 Å². The SMILES string of the molecule is Cc1ccncc1-c1cc2cc(B3OC(C)(C)C(C)(C)O3)ccc2[nH]1. The van der Waals surface area contributed by atoms with Crippen molar-refractivity contribution in [2.45, 2.75) is 45.8 Å². The largest absolute Gasteiger partial charge is 0.494 e. The van der Waals surface area contributed by atoms with Gasteiger partial charge in [-0.25, -0.2) is 0 Å². The molecule has 1 N–H and O–H groups in total. The molecule has 0 unspecified atom stereocenters. The van der Waals surface area contributed by atoms with Crippen LogP contribution in [0.15, 0.2) is 42.7 Å². The number of nitrogens with zero attached hydrogens (tertiary/aromatic N) is 1. The summed E-state index contributed by atoms with van der Waals surface area (Å²) in [5.41, 5.74) is 4.87. The second kappa shape index (κ2) is 5.45. The zero-order chi connectivity index (χ0) is 17.8. The normalized spacial score (nSPS) is 18.8. The molecule has 0 amide bonds. The molecule has 1 aliphatic heterocycles. The van der Waals surface area contributed by atoms with Crippen LogP contribution in [0.4, 0.5) is 0 Å². The maximum absolute atomic E-state index is 6.17. The number of fused-ring (bicyclic) bond motifs is 1. The summed E-state index contributed by atoms with van der Waals surface area (Å²) in [6.07, 6.45) is 3.72. The molecule has 0 saturated carbocycles. The lowest BCUT2D eigenvalue weighted by molar-refractivity contribution is 0.00578. The first-order valence-corrected chi connectivity index (χ1v) is 8.66. The predicted octanol–water partition coefficient (Wildman–Crippen LogP) is 3.84. The van der Waals surface area contributed by atoms with E-state index >= 15 is 0 Å². The number of hydrogen-bond donors (Lipinski definition) is 1. The zero-order valence-electron chi connectivity index (χ0n) is 15.4. The molecular formula is C20H23BN2O2. The van der Waals surface area contributed by atoms with Gasteiger partial charge < -0.3 is 14.3 Å². The number of hydrogen-bond acceptors (Lipinski definition) is 3. The fourth-order valence-corrected chi connectivity index (χ4v) is 3.17. The van der Waals surface area contributed by atoms with Crippen LogP contribution in [0, 0.1) is 6.92 Å². The first kappa shape index (κ1) is 16.4. The highest BCUT2D eigenvalue weighted by Gasteiger charge is 2.51. The van der Waals surface area contributed by atoms with Crippen LogP contribution < -0.4 is 5.46 Å². The Hall–Kier alpha value is -2.11. The van der Waals surface area contributed by atoms with E-state index in [1.54, 1.807) is 0 Å². The average Bonchev–Trinajstić information content (AvgIpc) is 3.05. The lowest BCUT2D eigenvalue weighted by Crippen LogP contribution is -2.41. The second-order valence-corrected chi connectivity index (χ2v) is 7.81. The van der Waals surface area contributed by atoms with E-state index in [-0.39, 0.29) is 18.3 Å². The molecule has 1 aliphatic rings. The fourth-order valence-electron chi connectivity index (χ4n) is 3.17. The number of rotatable bonds is 2. The van der Waals surface area contributed by atoms with Crippen LogP contribution in [0.5, 0.6) is 0 Å². The molecule has 4 rings (SSSR count). The lowest BCUT2D eigenvalue weighted by Gasteiger charge is -2.32. The van der Waals surface area contributed by atoms with E-state index in [1.807, 2.05) is 18.5 Å². The Morgan fingerprint density at radius 1 is 1.00 bits per heavy atom. The minimum Gasteiger partial charge on any atom is -0.399 e. The standard InChI is InChI=1S/C20H23BN2O2/c1-13-8-9-22-12-16(13)18-11-14-10-15(6-7-17(14)23-18)21-24-19(2,3)20(4,5)25-21/h6-12,23H,1-5H3. The first-order valence-electron chi connectivity index (χ1n) is 8.66. The van der Waals surface area contributed by atoms with Crippen LogP contribution in [0.2, 0.25) is 0 Å². The van der Waals surface area contributed by atoms with Gasteiger partial charge in [-0.05, 0) is 69.2 Å². The van der Waals surface area contributed by atoms with Crippen molar-refractivity contribution in [1.82, 2.24) is 9.97 Å². The van der Waals surface area contributed by atoms with E-state index in [0.717, 1.165) is 27.6 Å². The molecule has 4 nitrogen and oxygen atoms in total. The lowest BCUT2D eigenvalue weighted by atomic mass is 9.78. The van der Waals surface area contributed by atoms with Gasteiger partial charge in [0.15, 0.2) is 0 Å². The van der Waals surface area contributed by atoms with Crippen LogP contribution in [0.1, 0.15) is 33.3 Å². The number of aromatic amines is 1. The third-order valence-electron chi connectivity index (χ3n) is 5.50. The van der Waals surface area contributed by atoms with E-state index < -0.39 is 0 Å². The van der Waals surface area contributed by atoms with E-state index in [4.69, 9.17) is 9.31 Å². The van der Waals surface area contributed by atoms with Crippen LogP contribution >= 0.6 is 0 Å². The summed E-state index contributed by atoms with van der Waals surface area (Å²) in [5, 5.41) is 1.14. The molecule has 0 atom stereocenters. The van der Waals surface area contributed by atoms with Gasteiger partial charge in [0, 0.05) is 29.2 Å². The number of aromatic nitrogens is 2. The van der Waals surface area contributed by atoms with Gasteiger partial charge in [-0.15, -0.1) is 0 Å². The van der Waals surface area contributed by atoms with Crippen molar-refractivity contribution in [1.29, 1.82) is 0 Å². The van der Waals surface area contributed by atoms with Gasteiger partial charge in [-0.1, -0.05) is 12.1 Å². The summed E-state index contributed by atoms with van der Waals surface area (Å²) in [6, 6.07) is 10.5. The smallest absolute Gasteiger partial charge is 0.399 e. The van der Waals surface area contributed by atoms with Crippen molar-refractivity contribution < 1.29 is 9.31 Å². The van der Waals surface area contributed by atoms with Crippen molar-refractivity contribution in [2.24, 2.45) is 0 Å².